The number of hydrogen-bond acceptors (Lipinski definition) is 5. The highest BCUT2D eigenvalue weighted by Gasteiger charge is 2.21. The van der Waals surface area contributed by atoms with Crippen molar-refractivity contribution >= 4 is 11.6 Å². The second kappa shape index (κ2) is 8.34. The lowest BCUT2D eigenvalue weighted by Gasteiger charge is -2.12. The second-order valence-electron chi connectivity index (χ2n) is 6.65. The van der Waals surface area contributed by atoms with E-state index in [9.17, 15) is 4.79 Å². The third kappa shape index (κ3) is 3.51. The second-order valence-corrected chi connectivity index (χ2v) is 6.65. The normalized spacial score (nSPS) is 10.9. The van der Waals surface area contributed by atoms with Crippen LogP contribution >= 0.6 is 0 Å². The van der Waals surface area contributed by atoms with Gasteiger partial charge in [0.05, 0.1) is 25.1 Å². The molecule has 0 atom stereocenters. The number of carbonyl (C=O) groups excluding carboxylic acids is 1. The Morgan fingerprint density at radius 3 is 2.57 bits per heavy atom. The topological polar surface area (TPSA) is 77.8 Å². The third-order valence-corrected chi connectivity index (χ3v) is 4.75. The maximum absolute atomic E-state index is 12.7. The predicted molar refractivity (Wildman–Crippen MR) is 114 cm³/mol. The zero-order valence-electron chi connectivity index (χ0n) is 17.0. The summed E-state index contributed by atoms with van der Waals surface area (Å²) in [5, 5.41) is 4.74. The number of rotatable bonds is 6. The van der Waals surface area contributed by atoms with Crippen LogP contribution in [0.3, 0.4) is 0 Å². The number of hydroxylamine groups is 1. The van der Waals surface area contributed by atoms with Crippen molar-refractivity contribution in [3.63, 3.8) is 0 Å². The Hall–Kier alpha value is -3.71. The van der Waals surface area contributed by atoms with Crippen LogP contribution in [0.1, 0.15) is 23.1 Å². The van der Waals surface area contributed by atoms with Gasteiger partial charge in [0.15, 0.2) is 5.65 Å². The maximum Gasteiger partial charge on any atom is 0.293 e. The van der Waals surface area contributed by atoms with Gasteiger partial charge >= 0.3 is 0 Å². The van der Waals surface area contributed by atoms with Gasteiger partial charge in [0.2, 0.25) is 0 Å². The highest BCUT2D eigenvalue weighted by molar-refractivity contribution is 5.94. The van der Waals surface area contributed by atoms with Crippen LogP contribution in [-0.4, -0.2) is 34.2 Å². The fourth-order valence-corrected chi connectivity index (χ4v) is 3.42. The molecule has 152 valence electrons. The van der Waals surface area contributed by atoms with Gasteiger partial charge in [-0.05, 0) is 37.6 Å². The van der Waals surface area contributed by atoms with Crippen LogP contribution < -0.4 is 10.2 Å². The summed E-state index contributed by atoms with van der Waals surface area (Å²) in [6, 6.07) is 19.2. The highest BCUT2D eigenvalue weighted by Crippen LogP contribution is 2.34. The minimum Gasteiger partial charge on any atom is -0.496 e. The van der Waals surface area contributed by atoms with Gasteiger partial charge in [0, 0.05) is 11.1 Å². The third-order valence-electron chi connectivity index (χ3n) is 4.75. The molecule has 2 aromatic heterocycles. The summed E-state index contributed by atoms with van der Waals surface area (Å²) >= 11 is 0. The fraction of sp³-hybridized carbons (Fsp3) is 0.174. The van der Waals surface area contributed by atoms with E-state index in [1.165, 1.54) is 0 Å². The van der Waals surface area contributed by atoms with E-state index in [0.717, 1.165) is 22.4 Å². The van der Waals surface area contributed by atoms with Crippen LogP contribution in [0.2, 0.25) is 0 Å². The molecule has 0 fully saturated rings. The Morgan fingerprint density at radius 1 is 1.10 bits per heavy atom. The summed E-state index contributed by atoms with van der Waals surface area (Å²) in [6.07, 6.45) is 0. The number of benzene rings is 2. The monoisotopic (exact) mass is 402 g/mol. The number of fused-ring (bicyclic) bond motifs is 1. The number of hydrogen-bond donors (Lipinski definition) is 1. The maximum atomic E-state index is 12.7. The predicted octanol–water partition coefficient (Wildman–Crippen LogP) is 4.06. The van der Waals surface area contributed by atoms with Crippen molar-refractivity contribution in [3.8, 4) is 28.1 Å². The van der Waals surface area contributed by atoms with Gasteiger partial charge in [-0.1, -0.05) is 42.5 Å². The summed E-state index contributed by atoms with van der Waals surface area (Å²) < 4.78 is 7.31. The van der Waals surface area contributed by atoms with Crippen molar-refractivity contribution in [1.82, 2.24) is 20.1 Å². The van der Waals surface area contributed by atoms with E-state index in [1.54, 1.807) is 24.6 Å². The number of methoxy groups -OCH3 is 1. The standard InChI is InChI=1S/C23H22N4O3/c1-4-30-26-23(28)18-14-19(17-12-8-9-13-20(17)29-3)27-22(24-18)21(15(2)25-27)16-10-6-5-7-11-16/h5-14H,4H2,1-3H3,(H,26,28). The van der Waals surface area contributed by atoms with Crippen molar-refractivity contribution in [2.45, 2.75) is 13.8 Å². The number of ether oxygens (including phenoxy) is 1. The summed E-state index contributed by atoms with van der Waals surface area (Å²) in [6.45, 7) is 4.09. The van der Waals surface area contributed by atoms with Crippen molar-refractivity contribution in [3.05, 3.63) is 72.1 Å². The molecule has 0 unspecified atom stereocenters. The molecule has 0 aliphatic carbocycles. The molecule has 1 amide bonds. The first-order valence-electron chi connectivity index (χ1n) is 9.65. The van der Waals surface area contributed by atoms with Gasteiger partial charge in [0.25, 0.3) is 5.91 Å². The van der Waals surface area contributed by atoms with E-state index in [1.807, 2.05) is 61.5 Å². The Morgan fingerprint density at radius 2 is 1.83 bits per heavy atom. The number of nitrogens with one attached hydrogen (secondary N) is 1. The van der Waals surface area contributed by atoms with E-state index in [0.29, 0.717) is 23.7 Å². The van der Waals surface area contributed by atoms with Crippen LogP contribution in [0, 0.1) is 6.92 Å². The number of aryl methyl sites for hydroxylation is 1. The lowest BCUT2D eigenvalue weighted by molar-refractivity contribution is 0.0360. The number of aromatic nitrogens is 3. The molecule has 0 aliphatic heterocycles. The number of carbonyl (C=O) groups is 1. The molecule has 1 N–H and O–H groups in total. The quantitative estimate of drug-likeness (QED) is 0.492. The van der Waals surface area contributed by atoms with E-state index >= 15 is 0 Å². The van der Waals surface area contributed by atoms with Crippen molar-refractivity contribution in [2.24, 2.45) is 0 Å². The molecule has 7 heteroatoms. The largest absolute Gasteiger partial charge is 0.496 e. The van der Waals surface area contributed by atoms with Crippen molar-refractivity contribution in [2.75, 3.05) is 13.7 Å². The smallest absolute Gasteiger partial charge is 0.293 e. The summed E-state index contributed by atoms with van der Waals surface area (Å²) in [7, 11) is 1.61. The van der Waals surface area contributed by atoms with E-state index in [4.69, 9.17) is 14.7 Å². The van der Waals surface area contributed by atoms with Crippen molar-refractivity contribution < 1.29 is 14.4 Å². The lowest BCUT2D eigenvalue weighted by Crippen LogP contribution is -2.25. The average molecular weight is 402 g/mol. The first kappa shape index (κ1) is 19.6. The van der Waals surface area contributed by atoms with Gasteiger partial charge in [-0.3, -0.25) is 9.63 Å². The van der Waals surface area contributed by atoms with Crippen LogP contribution in [-0.2, 0) is 4.84 Å². The Kier molecular flexibility index (Phi) is 5.45. The van der Waals surface area contributed by atoms with Crippen LogP contribution in [0.25, 0.3) is 28.0 Å². The number of amides is 1. The van der Waals surface area contributed by atoms with Gasteiger partial charge in [0.1, 0.15) is 11.4 Å². The van der Waals surface area contributed by atoms with Crippen LogP contribution in [0.15, 0.2) is 60.7 Å². The molecule has 0 radical (unpaired) electrons. The Bertz CT molecular complexity index is 1200. The number of nitrogens with zero attached hydrogens (tertiary/aromatic N) is 3. The zero-order chi connectivity index (χ0) is 21.1. The van der Waals surface area contributed by atoms with Crippen molar-refractivity contribution in [1.29, 1.82) is 0 Å². The first-order chi connectivity index (χ1) is 14.6. The minimum atomic E-state index is -0.423. The van der Waals surface area contributed by atoms with Gasteiger partial charge in [-0.25, -0.2) is 15.0 Å². The average Bonchev–Trinajstić information content (AvgIpc) is 3.13. The Labute approximate surface area is 174 Å². The van der Waals surface area contributed by atoms with E-state index < -0.39 is 5.91 Å². The van der Waals surface area contributed by atoms with Crippen LogP contribution in [0.4, 0.5) is 0 Å². The van der Waals surface area contributed by atoms with E-state index in [-0.39, 0.29) is 5.69 Å². The zero-order valence-corrected chi connectivity index (χ0v) is 17.0. The molecule has 4 aromatic rings. The molecule has 0 saturated carbocycles. The lowest BCUT2D eigenvalue weighted by atomic mass is 10.1. The summed E-state index contributed by atoms with van der Waals surface area (Å²) in [4.78, 5) is 22.4. The molecule has 0 aliphatic rings. The Balaban J connectivity index is 2.02. The fourth-order valence-electron chi connectivity index (χ4n) is 3.42. The molecule has 2 heterocycles. The summed E-state index contributed by atoms with van der Waals surface area (Å²) in [5.41, 5.74) is 7.41. The molecule has 0 spiro atoms. The first-order valence-corrected chi connectivity index (χ1v) is 9.65. The van der Waals surface area contributed by atoms with Crippen LogP contribution in [0.5, 0.6) is 5.75 Å². The SMILES string of the molecule is CCONC(=O)c1cc(-c2ccccc2OC)n2nc(C)c(-c3ccccc3)c2n1. The molecule has 30 heavy (non-hydrogen) atoms. The molecule has 0 saturated heterocycles. The minimum absolute atomic E-state index is 0.230. The summed E-state index contributed by atoms with van der Waals surface area (Å²) in [5.74, 6) is 0.254. The molecule has 7 nitrogen and oxygen atoms in total. The molecular formula is C23H22N4O3. The highest BCUT2D eigenvalue weighted by atomic mass is 16.6. The van der Waals surface area contributed by atoms with Gasteiger partial charge < -0.3 is 4.74 Å². The molecule has 0 bridgehead atoms. The molecular weight excluding hydrogens is 380 g/mol. The van der Waals surface area contributed by atoms with Gasteiger partial charge in [-0.15, -0.1) is 0 Å². The molecule has 4 rings (SSSR count). The number of para-hydroxylation sites is 1. The van der Waals surface area contributed by atoms with Gasteiger partial charge in [-0.2, -0.15) is 5.10 Å². The van der Waals surface area contributed by atoms with E-state index in [2.05, 4.69) is 10.5 Å². The molecule has 2 aromatic carbocycles.